The number of carboxylic acids is 1. The Morgan fingerprint density at radius 1 is 1.00 bits per heavy atom. The first kappa shape index (κ1) is 17.4. The van der Waals surface area contributed by atoms with Crippen molar-refractivity contribution in [2.24, 2.45) is 0 Å². The monoisotopic (exact) mass is 328 g/mol. The standard InChI is InChI=1S/C19H20O5/c1-2-22-18-14-15(9-11-19(20)21)8-10-17(18)24-13-12-23-16-6-4-3-5-7-16/h3-11,14H,2,12-13H2,1H3,(H,20,21). The number of carbonyl (C=O) groups is 1. The summed E-state index contributed by atoms with van der Waals surface area (Å²) in [5, 5.41) is 8.68. The first-order chi connectivity index (χ1) is 11.7. The average molecular weight is 328 g/mol. The fourth-order valence-corrected chi connectivity index (χ4v) is 2.01. The predicted molar refractivity (Wildman–Crippen MR) is 91.7 cm³/mol. The summed E-state index contributed by atoms with van der Waals surface area (Å²) < 4.78 is 16.8. The zero-order chi connectivity index (χ0) is 17.2. The number of rotatable bonds is 9. The van der Waals surface area contributed by atoms with Crippen molar-refractivity contribution in [2.45, 2.75) is 6.92 Å². The van der Waals surface area contributed by atoms with Crippen LogP contribution in [0.1, 0.15) is 12.5 Å². The second-order valence-electron chi connectivity index (χ2n) is 4.82. The highest BCUT2D eigenvalue weighted by Gasteiger charge is 2.06. The molecular weight excluding hydrogens is 308 g/mol. The molecule has 5 heteroatoms. The van der Waals surface area contributed by atoms with Crippen molar-refractivity contribution in [3.05, 3.63) is 60.2 Å². The van der Waals surface area contributed by atoms with Gasteiger partial charge in [0.15, 0.2) is 11.5 Å². The molecule has 0 aliphatic carbocycles. The fourth-order valence-electron chi connectivity index (χ4n) is 2.01. The lowest BCUT2D eigenvalue weighted by atomic mass is 10.2. The lowest BCUT2D eigenvalue weighted by Crippen LogP contribution is -2.09. The topological polar surface area (TPSA) is 65.0 Å². The molecule has 0 saturated carbocycles. The Morgan fingerprint density at radius 3 is 2.46 bits per heavy atom. The molecule has 5 nitrogen and oxygen atoms in total. The van der Waals surface area contributed by atoms with Crippen LogP contribution in [0.2, 0.25) is 0 Å². The summed E-state index contributed by atoms with van der Waals surface area (Å²) in [6.45, 7) is 3.15. The predicted octanol–water partition coefficient (Wildman–Crippen LogP) is 3.64. The van der Waals surface area contributed by atoms with E-state index < -0.39 is 5.97 Å². The first-order valence-electron chi connectivity index (χ1n) is 7.67. The van der Waals surface area contributed by atoms with Gasteiger partial charge in [-0.1, -0.05) is 24.3 Å². The van der Waals surface area contributed by atoms with E-state index in [-0.39, 0.29) is 0 Å². The first-order valence-corrected chi connectivity index (χ1v) is 7.67. The number of hydrogen-bond acceptors (Lipinski definition) is 4. The van der Waals surface area contributed by atoms with Crippen LogP contribution in [-0.2, 0) is 4.79 Å². The van der Waals surface area contributed by atoms with E-state index in [0.29, 0.717) is 31.3 Å². The van der Waals surface area contributed by atoms with Crippen LogP contribution in [0.4, 0.5) is 0 Å². The Hall–Kier alpha value is -2.95. The van der Waals surface area contributed by atoms with E-state index in [1.54, 1.807) is 18.2 Å². The molecule has 0 radical (unpaired) electrons. The molecular formula is C19H20O5. The molecule has 0 atom stereocenters. The van der Waals surface area contributed by atoms with Crippen molar-refractivity contribution in [3.63, 3.8) is 0 Å². The van der Waals surface area contributed by atoms with Crippen molar-refractivity contribution < 1.29 is 24.1 Å². The number of ether oxygens (including phenoxy) is 3. The summed E-state index contributed by atoms with van der Waals surface area (Å²) >= 11 is 0. The zero-order valence-corrected chi connectivity index (χ0v) is 13.5. The van der Waals surface area contributed by atoms with Crippen LogP contribution in [0, 0.1) is 0 Å². The number of aliphatic carboxylic acids is 1. The molecule has 0 amide bonds. The van der Waals surface area contributed by atoms with Crippen LogP contribution < -0.4 is 14.2 Å². The summed E-state index contributed by atoms with van der Waals surface area (Å²) in [6, 6.07) is 14.8. The Morgan fingerprint density at radius 2 is 1.75 bits per heavy atom. The zero-order valence-electron chi connectivity index (χ0n) is 13.5. The van der Waals surface area contributed by atoms with Gasteiger partial charge in [0.1, 0.15) is 19.0 Å². The highest BCUT2D eigenvalue weighted by Crippen LogP contribution is 2.29. The van der Waals surface area contributed by atoms with E-state index in [4.69, 9.17) is 19.3 Å². The number of hydrogen-bond donors (Lipinski definition) is 1. The summed E-state index contributed by atoms with van der Waals surface area (Å²) in [7, 11) is 0. The maximum atomic E-state index is 10.6. The van der Waals surface area contributed by atoms with Gasteiger partial charge in [-0.2, -0.15) is 0 Å². The molecule has 0 spiro atoms. The highest BCUT2D eigenvalue weighted by molar-refractivity contribution is 5.85. The molecule has 24 heavy (non-hydrogen) atoms. The molecule has 2 aromatic carbocycles. The molecule has 0 fully saturated rings. The summed E-state index contributed by atoms with van der Waals surface area (Å²) in [5.41, 5.74) is 0.730. The highest BCUT2D eigenvalue weighted by atomic mass is 16.5. The molecule has 0 aliphatic heterocycles. The van der Waals surface area contributed by atoms with E-state index in [1.807, 2.05) is 37.3 Å². The largest absolute Gasteiger partial charge is 0.490 e. The molecule has 0 saturated heterocycles. The van der Waals surface area contributed by atoms with E-state index in [9.17, 15) is 4.79 Å². The summed E-state index contributed by atoms with van der Waals surface area (Å²) in [6.07, 6.45) is 2.59. The summed E-state index contributed by atoms with van der Waals surface area (Å²) in [5.74, 6) is 0.970. The molecule has 0 heterocycles. The quantitative estimate of drug-likeness (QED) is 0.562. The second-order valence-corrected chi connectivity index (χ2v) is 4.82. The van der Waals surface area contributed by atoms with Gasteiger partial charge < -0.3 is 19.3 Å². The van der Waals surface area contributed by atoms with Crippen LogP contribution >= 0.6 is 0 Å². The Balaban J connectivity index is 1.94. The van der Waals surface area contributed by atoms with Gasteiger partial charge in [-0.05, 0) is 42.8 Å². The van der Waals surface area contributed by atoms with Crippen molar-refractivity contribution in [1.29, 1.82) is 0 Å². The van der Waals surface area contributed by atoms with Crippen LogP contribution in [-0.4, -0.2) is 30.9 Å². The second kappa shape index (κ2) is 9.25. The molecule has 0 aromatic heterocycles. The van der Waals surface area contributed by atoms with Crippen molar-refractivity contribution in [1.82, 2.24) is 0 Å². The van der Waals surface area contributed by atoms with E-state index in [1.165, 1.54) is 6.08 Å². The van der Waals surface area contributed by atoms with Gasteiger partial charge in [0.25, 0.3) is 0 Å². The van der Waals surface area contributed by atoms with E-state index >= 15 is 0 Å². The average Bonchev–Trinajstić information content (AvgIpc) is 2.59. The molecule has 0 unspecified atom stereocenters. The minimum absolute atomic E-state index is 0.374. The van der Waals surface area contributed by atoms with Gasteiger partial charge >= 0.3 is 5.97 Å². The van der Waals surface area contributed by atoms with Crippen LogP contribution in [0.5, 0.6) is 17.2 Å². The van der Waals surface area contributed by atoms with Gasteiger partial charge in [0.05, 0.1) is 6.61 Å². The third-order valence-corrected chi connectivity index (χ3v) is 3.04. The Labute approximate surface area is 141 Å². The molecule has 1 N–H and O–H groups in total. The molecule has 2 aromatic rings. The van der Waals surface area contributed by atoms with Gasteiger partial charge in [-0.25, -0.2) is 4.79 Å². The SMILES string of the molecule is CCOc1cc(C=CC(=O)O)ccc1OCCOc1ccccc1. The minimum atomic E-state index is -0.994. The normalized spacial score (nSPS) is 10.5. The van der Waals surface area contributed by atoms with Crippen molar-refractivity contribution >= 4 is 12.0 Å². The maximum absolute atomic E-state index is 10.6. The van der Waals surface area contributed by atoms with Crippen LogP contribution in [0.25, 0.3) is 6.08 Å². The Bertz CT molecular complexity index is 679. The van der Waals surface area contributed by atoms with Crippen molar-refractivity contribution in [2.75, 3.05) is 19.8 Å². The number of benzene rings is 2. The molecule has 0 aliphatic rings. The lowest BCUT2D eigenvalue weighted by molar-refractivity contribution is -0.131. The summed E-state index contributed by atoms with van der Waals surface area (Å²) in [4.78, 5) is 10.6. The van der Waals surface area contributed by atoms with E-state index in [0.717, 1.165) is 17.4 Å². The van der Waals surface area contributed by atoms with E-state index in [2.05, 4.69) is 0 Å². The third kappa shape index (κ3) is 5.68. The third-order valence-electron chi connectivity index (χ3n) is 3.04. The van der Waals surface area contributed by atoms with Gasteiger partial charge in [-0.3, -0.25) is 0 Å². The van der Waals surface area contributed by atoms with Crippen molar-refractivity contribution in [3.8, 4) is 17.2 Å². The number of para-hydroxylation sites is 1. The van der Waals surface area contributed by atoms with Gasteiger partial charge in [-0.15, -0.1) is 0 Å². The fraction of sp³-hybridized carbons (Fsp3) is 0.211. The lowest BCUT2D eigenvalue weighted by Gasteiger charge is -2.13. The number of carboxylic acid groups (broad SMARTS) is 1. The van der Waals surface area contributed by atoms with Crippen LogP contribution in [0.3, 0.4) is 0 Å². The minimum Gasteiger partial charge on any atom is -0.490 e. The smallest absolute Gasteiger partial charge is 0.328 e. The van der Waals surface area contributed by atoms with Crippen LogP contribution in [0.15, 0.2) is 54.6 Å². The molecule has 126 valence electrons. The molecule has 2 rings (SSSR count). The molecule has 0 bridgehead atoms. The Kier molecular flexibility index (Phi) is 6.71. The van der Waals surface area contributed by atoms with Gasteiger partial charge in [0.2, 0.25) is 0 Å². The maximum Gasteiger partial charge on any atom is 0.328 e. The van der Waals surface area contributed by atoms with Gasteiger partial charge in [0, 0.05) is 6.08 Å².